The molecule has 1 aromatic carbocycles. The minimum atomic E-state index is 0.176. The van der Waals surface area contributed by atoms with Crippen LogP contribution in [0.3, 0.4) is 0 Å². The van der Waals surface area contributed by atoms with E-state index in [0.29, 0.717) is 11.3 Å². The number of hydrogen-bond acceptors (Lipinski definition) is 3. The molecule has 0 aromatic heterocycles. The molecule has 0 saturated heterocycles. The summed E-state index contributed by atoms with van der Waals surface area (Å²) in [5.74, 6) is 0.176. The van der Waals surface area contributed by atoms with Gasteiger partial charge in [0.05, 0.1) is 25.8 Å². The molecular formula is C26H47N2O2+. The molecule has 0 spiro atoms. The Bertz CT molecular complexity index is 597. The van der Waals surface area contributed by atoms with E-state index in [1.807, 2.05) is 12.1 Å². The monoisotopic (exact) mass is 419 g/mol. The van der Waals surface area contributed by atoms with Gasteiger partial charge in [0.15, 0.2) is 0 Å². The highest BCUT2D eigenvalue weighted by Crippen LogP contribution is 2.23. The van der Waals surface area contributed by atoms with E-state index in [0.717, 1.165) is 11.0 Å². The van der Waals surface area contributed by atoms with Gasteiger partial charge in [-0.1, -0.05) is 70.4 Å². The molecule has 0 unspecified atom stereocenters. The number of phenolic OH excluding ortho intramolecular Hbond substituents is 1. The Morgan fingerprint density at radius 3 is 1.83 bits per heavy atom. The number of aromatic hydroxyl groups is 1. The third kappa shape index (κ3) is 10.5. The van der Waals surface area contributed by atoms with Crippen molar-refractivity contribution in [2.75, 3.05) is 20.1 Å². The van der Waals surface area contributed by atoms with Gasteiger partial charge in [-0.25, -0.2) is 0 Å². The summed E-state index contributed by atoms with van der Waals surface area (Å²) >= 11 is 0. The lowest BCUT2D eigenvalue weighted by molar-refractivity contribution is -0.923. The van der Waals surface area contributed by atoms with Crippen molar-refractivity contribution < 1.29 is 14.8 Å². The molecule has 0 amide bonds. The minimum Gasteiger partial charge on any atom is -0.507 e. The average Bonchev–Trinajstić information content (AvgIpc) is 2.74. The number of nitrogens with zero attached hydrogens (tertiary/aromatic N) is 2. The normalized spacial score (nSPS) is 12.5. The van der Waals surface area contributed by atoms with Crippen LogP contribution < -0.4 is 0 Å². The van der Waals surface area contributed by atoms with Crippen LogP contribution >= 0.6 is 0 Å². The maximum Gasteiger partial charge on any atom is 0.124 e. The van der Waals surface area contributed by atoms with Gasteiger partial charge in [0.25, 0.3) is 0 Å². The zero-order valence-corrected chi connectivity index (χ0v) is 20.1. The zero-order valence-electron chi connectivity index (χ0n) is 20.1. The van der Waals surface area contributed by atoms with Crippen molar-refractivity contribution >= 4 is 5.71 Å². The summed E-state index contributed by atoms with van der Waals surface area (Å²) in [5.41, 5.74) is 2.28. The van der Waals surface area contributed by atoms with E-state index in [9.17, 15) is 5.11 Å². The number of unbranched alkanes of at least 4 members (excludes halogenated alkanes) is 10. The lowest BCUT2D eigenvalue weighted by Crippen LogP contribution is -2.44. The van der Waals surface area contributed by atoms with Crippen molar-refractivity contribution in [3.63, 3.8) is 0 Å². The Hall–Kier alpha value is -1.55. The third-order valence-electron chi connectivity index (χ3n) is 6.27. The van der Waals surface area contributed by atoms with E-state index in [2.05, 4.69) is 26.1 Å². The Morgan fingerprint density at radius 1 is 0.833 bits per heavy atom. The van der Waals surface area contributed by atoms with Crippen molar-refractivity contribution in [3.05, 3.63) is 29.3 Å². The fourth-order valence-corrected chi connectivity index (χ4v) is 4.28. The highest BCUT2D eigenvalue weighted by Gasteiger charge is 2.22. The first-order valence-corrected chi connectivity index (χ1v) is 12.3. The van der Waals surface area contributed by atoms with Crippen molar-refractivity contribution in [1.29, 1.82) is 0 Å². The summed E-state index contributed by atoms with van der Waals surface area (Å²) < 4.78 is 1.04. The van der Waals surface area contributed by atoms with Crippen LogP contribution in [0.2, 0.25) is 0 Å². The highest BCUT2D eigenvalue weighted by molar-refractivity contribution is 6.00. The third-order valence-corrected chi connectivity index (χ3v) is 6.27. The standard InChI is InChI=1S/C26H46N2O2/c1-5-7-9-11-13-15-19-28(4,20-16-14-12-10-8-6-2)22-24-17-18-26(29)25(21-24)23(3)27-30/h17-18,21H,5-16,19-20,22H2,1-4H3,(H-,27,29,30)/p+1. The molecule has 1 rings (SSSR count). The summed E-state index contributed by atoms with van der Waals surface area (Å²) in [6.45, 7) is 9.61. The van der Waals surface area contributed by atoms with Crippen LogP contribution in [0.1, 0.15) is 109 Å². The van der Waals surface area contributed by atoms with Gasteiger partial charge in [-0.05, 0) is 50.8 Å². The van der Waals surface area contributed by atoms with Gasteiger partial charge in [-0.3, -0.25) is 0 Å². The predicted octanol–water partition coefficient (Wildman–Crippen LogP) is 7.26. The Labute approximate surface area is 185 Å². The summed E-state index contributed by atoms with van der Waals surface area (Å²) in [6, 6.07) is 5.74. The lowest BCUT2D eigenvalue weighted by Gasteiger charge is -2.35. The molecule has 0 saturated carbocycles. The first-order chi connectivity index (χ1) is 14.5. The molecule has 0 aliphatic rings. The molecule has 0 aliphatic heterocycles. The molecule has 0 aliphatic carbocycles. The molecule has 172 valence electrons. The first-order valence-electron chi connectivity index (χ1n) is 12.3. The van der Waals surface area contributed by atoms with Crippen molar-refractivity contribution in [3.8, 4) is 5.75 Å². The average molecular weight is 420 g/mol. The van der Waals surface area contributed by atoms with Gasteiger partial charge in [0, 0.05) is 11.1 Å². The number of rotatable bonds is 17. The summed E-state index contributed by atoms with van der Waals surface area (Å²) in [4.78, 5) is 0. The van der Waals surface area contributed by atoms with E-state index < -0.39 is 0 Å². The quantitative estimate of drug-likeness (QED) is 0.0917. The van der Waals surface area contributed by atoms with Crippen LogP contribution in [0.5, 0.6) is 5.75 Å². The molecule has 1 aromatic rings. The number of oxime groups is 1. The second-order valence-corrected chi connectivity index (χ2v) is 9.30. The Kier molecular flexibility index (Phi) is 13.5. The summed E-state index contributed by atoms with van der Waals surface area (Å²) in [5, 5.41) is 22.5. The molecular weight excluding hydrogens is 372 g/mol. The molecule has 0 atom stereocenters. The van der Waals surface area contributed by atoms with Crippen LogP contribution in [0.15, 0.2) is 23.4 Å². The fourth-order valence-electron chi connectivity index (χ4n) is 4.28. The topological polar surface area (TPSA) is 52.8 Å². The maximum atomic E-state index is 10.1. The summed E-state index contributed by atoms with van der Waals surface area (Å²) in [7, 11) is 2.39. The zero-order chi connectivity index (χ0) is 22.2. The van der Waals surface area contributed by atoms with Crippen molar-refractivity contribution in [2.45, 2.75) is 104 Å². The van der Waals surface area contributed by atoms with E-state index in [4.69, 9.17) is 5.21 Å². The first kappa shape index (κ1) is 26.5. The predicted molar refractivity (Wildman–Crippen MR) is 128 cm³/mol. The van der Waals surface area contributed by atoms with Crippen LogP contribution in [0.4, 0.5) is 0 Å². The van der Waals surface area contributed by atoms with Crippen LogP contribution in [0.25, 0.3) is 0 Å². The molecule has 0 fully saturated rings. The van der Waals surface area contributed by atoms with Crippen LogP contribution in [-0.2, 0) is 6.54 Å². The highest BCUT2D eigenvalue weighted by atomic mass is 16.4. The fraction of sp³-hybridized carbons (Fsp3) is 0.731. The maximum absolute atomic E-state index is 10.1. The van der Waals surface area contributed by atoms with Gasteiger partial charge in [0.1, 0.15) is 12.3 Å². The van der Waals surface area contributed by atoms with Gasteiger partial charge >= 0.3 is 0 Å². The second kappa shape index (κ2) is 15.3. The molecule has 30 heavy (non-hydrogen) atoms. The number of quaternary nitrogens is 1. The van der Waals surface area contributed by atoms with Gasteiger partial charge in [-0.15, -0.1) is 0 Å². The molecule has 2 N–H and O–H groups in total. The van der Waals surface area contributed by atoms with Crippen molar-refractivity contribution in [1.82, 2.24) is 0 Å². The van der Waals surface area contributed by atoms with Crippen LogP contribution in [0, 0.1) is 0 Å². The van der Waals surface area contributed by atoms with Crippen molar-refractivity contribution in [2.24, 2.45) is 5.16 Å². The smallest absolute Gasteiger partial charge is 0.124 e. The number of phenols is 1. The van der Waals surface area contributed by atoms with E-state index in [1.54, 1.807) is 13.0 Å². The SMILES string of the molecule is CCCCCCCC[N+](C)(CCCCCCCC)Cc1ccc(O)c(/C(C)=N/O)c1. The minimum absolute atomic E-state index is 0.176. The van der Waals surface area contributed by atoms with E-state index in [1.165, 1.54) is 95.7 Å². The lowest BCUT2D eigenvalue weighted by atomic mass is 10.0. The number of benzene rings is 1. The molecule has 4 heteroatoms. The Balaban J connectivity index is 2.73. The van der Waals surface area contributed by atoms with Gasteiger partial charge < -0.3 is 14.8 Å². The van der Waals surface area contributed by atoms with Gasteiger partial charge in [-0.2, -0.15) is 0 Å². The molecule has 0 heterocycles. The number of hydrogen-bond donors (Lipinski definition) is 2. The van der Waals surface area contributed by atoms with Gasteiger partial charge in [0.2, 0.25) is 0 Å². The summed E-state index contributed by atoms with van der Waals surface area (Å²) in [6.07, 6.45) is 15.9. The van der Waals surface area contributed by atoms with Crippen LogP contribution in [-0.4, -0.2) is 40.6 Å². The Morgan fingerprint density at radius 2 is 1.33 bits per heavy atom. The van der Waals surface area contributed by atoms with E-state index in [-0.39, 0.29) is 5.75 Å². The molecule has 0 bridgehead atoms. The second-order valence-electron chi connectivity index (χ2n) is 9.30. The largest absolute Gasteiger partial charge is 0.507 e. The molecule has 4 nitrogen and oxygen atoms in total. The molecule has 0 radical (unpaired) electrons. The van der Waals surface area contributed by atoms with E-state index >= 15 is 0 Å².